The van der Waals surface area contributed by atoms with E-state index in [2.05, 4.69) is 31.1 Å². The second-order valence-electron chi connectivity index (χ2n) is 5.75. The maximum absolute atomic E-state index is 11.8. The zero-order valence-electron chi connectivity index (χ0n) is 12.2. The van der Waals surface area contributed by atoms with Gasteiger partial charge in [-0.25, -0.2) is 4.98 Å². The largest absolute Gasteiger partial charge is 0.375 e. The maximum atomic E-state index is 11.8. The van der Waals surface area contributed by atoms with Gasteiger partial charge in [0.1, 0.15) is 0 Å². The molecule has 0 aliphatic carbocycles. The zero-order valence-corrected chi connectivity index (χ0v) is 13.0. The van der Waals surface area contributed by atoms with Crippen molar-refractivity contribution in [2.75, 3.05) is 12.3 Å². The Labute approximate surface area is 119 Å². The summed E-state index contributed by atoms with van der Waals surface area (Å²) >= 11 is 1.37. The topological polar surface area (TPSA) is 68.0 Å². The van der Waals surface area contributed by atoms with Crippen molar-refractivity contribution in [1.82, 2.24) is 10.3 Å². The minimum Gasteiger partial charge on any atom is -0.375 e. The van der Waals surface area contributed by atoms with Gasteiger partial charge in [-0.1, -0.05) is 40.0 Å². The average Bonchev–Trinajstić information content (AvgIpc) is 2.73. The molecule has 0 aromatic carbocycles. The number of nitrogens with two attached hydrogens (primary N) is 1. The molecule has 0 bridgehead atoms. The minimum atomic E-state index is 0.0221. The van der Waals surface area contributed by atoms with Crippen LogP contribution >= 0.6 is 11.3 Å². The molecule has 0 unspecified atom stereocenters. The first-order valence-electron chi connectivity index (χ1n) is 6.89. The zero-order chi connectivity index (χ0) is 14.3. The standard InChI is InChI=1S/C14H25N3OS/c1-4-5-6-7-14(2,3)10-16-12(18)8-11-9-19-13(15)17-11/h9H,4-8,10H2,1-3H3,(H2,15,17)(H,16,18). The molecular weight excluding hydrogens is 258 g/mol. The van der Waals surface area contributed by atoms with E-state index >= 15 is 0 Å². The minimum absolute atomic E-state index is 0.0221. The van der Waals surface area contributed by atoms with Gasteiger partial charge in [-0.15, -0.1) is 11.3 Å². The number of unbranched alkanes of at least 4 members (excludes halogenated alkanes) is 2. The fourth-order valence-corrected chi connectivity index (χ4v) is 2.47. The quantitative estimate of drug-likeness (QED) is 0.721. The molecule has 1 aromatic heterocycles. The highest BCUT2D eigenvalue weighted by Gasteiger charge is 2.18. The van der Waals surface area contributed by atoms with Gasteiger partial charge in [0.15, 0.2) is 5.13 Å². The number of aromatic nitrogens is 1. The summed E-state index contributed by atoms with van der Waals surface area (Å²) in [7, 11) is 0. The van der Waals surface area contributed by atoms with Crippen LogP contribution in [0.1, 0.15) is 52.1 Å². The van der Waals surface area contributed by atoms with Crippen LogP contribution in [0.2, 0.25) is 0 Å². The maximum Gasteiger partial charge on any atom is 0.226 e. The van der Waals surface area contributed by atoms with E-state index < -0.39 is 0 Å². The molecule has 1 rings (SSSR count). The van der Waals surface area contributed by atoms with Crippen LogP contribution in [0.15, 0.2) is 5.38 Å². The first-order chi connectivity index (χ1) is 8.93. The van der Waals surface area contributed by atoms with Crippen molar-refractivity contribution in [3.63, 3.8) is 0 Å². The molecular formula is C14H25N3OS. The summed E-state index contributed by atoms with van der Waals surface area (Å²) in [5, 5.41) is 5.34. The van der Waals surface area contributed by atoms with E-state index in [1.807, 2.05) is 5.38 Å². The van der Waals surface area contributed by atoms with Gasteiger partial charge in [-0.2, -0.15) is 0 Å². The molecule has 0 saturated carbocycles. The van der Waals surface area contributed by atoms with Crippen LogP contribution in [-0.2, 0) is 11.2 Å². The summed E-state index contributed by atoms with van der Waals surface area (Å²) in [5.41, 5.74) is 6.45. The molecule has 1 heterocycles. The second-order valence-corrected chi connectivity index (χ2v) is 6.64. The van der Waals surface area contributed by atoms with Gasteiger partial charge in [-0.3, -0.25) is 4.79 Å². The molecule has 3 N–H and O–H groups in total. The van der Waals surface area contributed by atoms with Gasteiger partial charge in [0.25, 0.3) is 0 Å². The van der Waals surface area contributed by atoms with Crippen molar-refractivity contribution in [3.8, 4) is 0 Å². The summed E-state index contributed by atoms with van der Waals surface area (Å²) in [6.45, 7) is 7.32. The third kappa shape index (κ3) is 6.57. The number of nitrogens with zero attached hydrogens (tertiary/aromatic N) is 1. The summed E-state index contributed by atoms with van der Waals surface area (Å²) in [6.07, 6.45) is 5.18. The van der Waals surface area contributed by atoms with Crippen molar-refractivity contribution in [2.24, 2.45) is 5.41 Å². The SMILES string of the molecule is CCCCCC(C)(C)CNC(=O)Cc1csc(N)n1. The van der Waals surface area contributed by atoms with Gasteiger partial charge >= 0.3 is 0 Å². The third-order valence-electron chi connectivity index (χ3n) is 3.13. The number of amides is 1. The molecule has 0 saturated heterocycles. The van der Waals surface area contributed by atoms with Crippen LogP contribution in [0.3, 0.4) is 0 Å². The summed E-state index contributed by atoms with van der Waals surface area (Å²) in [4.78, 5) is 15.9. The van der Waals surface area contributed by atoms with Crippen LogP contribution in [0, 0.1) is 5.41 Å². The predicted octanol–water partition coefficient (Wildman–Crippen LogP) is 2.99. The average molecular weight is 283 g/mol. The van der Waals surface area contributed by atoms with E-state index in [0.717, 1.165) is 18.7 Å². The number of hydrogen-bond donors (Lipinski definition) is 2. The van der Waals surface area contributed by atoms with Crippen LogP contribution in [-0.4, -0.2) is 17.4 Å². The molecule has 5 heteroatoms. The highest BCUT2D eigenvalue weighted by atomic mass is 32.1. The molecule has 0 spiro atoms. The number of nitrogens with one attached hydrogen (secondary N) is 1. The van der Waals surface area contributed by atoms with Crippen LogP contribution in [0.5, 0.6) is 0 Å². The van der Waals surface area contributed by atoms with E-state index in [-0.39, 0.29) is 11.3 Å². The Balaban J connectivity index is 2.28. The number of nitrogen functional groups attached to an aromatic ring is 1. The molecule has 0 atom stereocenters. The molecule has 1 aromatic rings. The fraction of sp³-hybridized carbons (Fsp3) is 0.714. The number of carbonyl (C=O) groups excluding carboxylic acids is 1. The molecule has 4 nitrogen and oxygen atoms in total. The Bertz CT molecular complexity index is 401. The molecule has 19 heavy (non-hydrogen) atoms. The number of rotatable bonds is 8. The van der Waals surface area contributed by atoms with Crippen molar-refractivity contribution < 1.29 is 4.79 Å². The van der Waals surface area contributed by atoms with Crippen LogP contribution in [0.25, 0.3) is 0 Å². The molecule has 0 aliphatic rings. The molecule has 0 radical (unpaired) electrons. The lowest BCUT2D eigenvalue weighted by atomic mass is 9.87. The van der Waals surface area contributed by atoms with Crippen molar-refractivity contribution in [1.29, 1.82) is 0 Å². The Kier molecular flexibility index (Phi) is 6.28. The van der Waals surface area contributed by atoms with Crippen LogP contribution in [0.4, 0.5) is 5.13 Å². The molecule has 0 fully saturated rings. The van der Waals surface area contributed by atoms with Gasteiger partial charge in [0.05, 0.1) is 12.1 Å². The predicted molar refractivity (Wildman–Crippen MR) is 81.2 cm³/mol. The lowest BCUT2D eigenvalue weighted by Gasteiger charge is -2.24. The summed E-state index contributed by atoms with van der Waals surface area (Å²) in [5.74, 6) is 0.0221. The Morgan fingerprint density at radius 3 is 2.79 bits per heavy atom. The highest BCUT2D eigenvalue weighted by molar-refractivity contribution is 7.13. The first kappa shape index (κ1) is 16.0. The third-order valence-corrected chi connectivity index (χ3v) is 3.86. The fourth-order valence-electron chi connectivity index (χ4n) is 1.91. The van der Waals surface area contributed by atoms with E-state index in [9.17, 15) is 4.79 Å². The number of anilines is 1. The van der Waals surface area contributed by atoms with Crippen molar-refractivity contribution in [3.05, 3.63) is 11.1 Å². The second kappa shape index (κ2) is 7.48. The van der Waals surface area contributed by atoms with E-state index in [4.69, 9.17) is 5.73 Å². The normalized spacial score (nSPS) is 11.5. The van der Waals surface area contributed by atoms with Crippen molar-refractivity contribution >= 4 is 22.4 Å². The van der Waals surface area contributed by atoms with Gasteiger partial charge in [0.2, 0.25) is 5.91 Å². The van der Waals surface area contributed by atoms with E-state index in [1.54, 1.807) is 0 Å². The number of carbonyl (C=O) groups is 1. The van der Waals surface area contributed by atoms with Gasteiger partial charge < -0.3 is 11.1 Å². The molecule has 0 aliphatic heterocycles. The number of hydrogen-bond acceptors (Lipinski definition) is 4. The highest BCUT2D eigenvalue weighted by Crippen LogP contribution is 2.22. The van der Waals surface area contributed by atoms with E-state index in [1.165, 1.54) is 30.6 Å². The van der Waals surface area contributed by atoms with Gasteiger partial charge in [0, 0.05) is 11.9 Å². The first-order valence-corrected chi connectivity index (χ1v) is 7.77. The van der Waals surface area contributed by atoms with Crippen molar-refractivity contribution in [2.45, 2.75) is 52.9 Å². The lowest BCUT2D eigenvalue weighted by molar-refractivity contribution is -0.120. The monoisotopic (exact) mass is 283 g/mol. The Hall–Kier alpha value is -1.10. The number of thiazole rings is 1. The van der Waals surface area contributed by atoms with Gasteiger partial charge in [-0.05, 0) is 11.8 Å². The summed E-state index contributed by atoms with van der Waals surface area (Å²) in [6, 6.07) is 0. The smallest absolute Gasteiger partial charge is 0.226 e. The van der Waals surface area contributed by atoms with E-state index in [0.29, 0.717) is 11.6 Å². The van der Waals surface area contributed by atoms with Crippen LogP contribution < -0.4 is 11.1 Å². The summed E-state index contributed by atoms with van der Waals surface area (Å²) < 4.78 is 0. The Morgan fingerprint density at radius 2 is 2.21 bits per heavy atom. The Morgan fingerprint density at radius 1 is 1.47 bits per heavy atom. The molecule has 1 amide bonds. The molecule has 108 valence electrons. The lowest BCUT2D eigenvalue weighted by Crippen LogP contribution is -2.34.